The lowest BCUT2D eigenvalue weighted by Crippen LogP contribution is -2.14. The van der Waals surface area contributed by atoms with Gasteiger partial charge >= 0.3 is 0 Å². The summed E-state index contributed by atoms with van der Waals surface area (Å²) >= 11 is 0. The van der Waals surface area contributed by atoms with Gasteiger partial charge < -0.3 is 14.9 Å². The highest BCUT2D eigenvalue weighted by atomic mass is 31.2. The molecule has 3 N–H and O–H groups in total. The number of rotatable bonds is 2. The Kier molecular flexibility index (Phi) is 2.58. The van der Waals surface area contributed by atoms with Gasteiger partial charge in [-0.15, -0.1) is 0 Å². The monoisotopic (exact) mass is 296 g/mol. The van der Waals surface area contributed by atoms with Crippen LogP contribution < -0.4 is 10.6 Å². The van der Waals surface area contributed by atoms with Gasteiger partial charge in [0.2, 0.25) is 0 Å². The van der Waals surface area contributed by atoms with E-state index in [-0.39, 0.29) is 0 Å². The normalized spacial score (nSPS) is 12.2. The molecule has 0 amide bonds. The summed E-state index contributed by atoms with van der Waals surface area (Å²) in [4.78, 5) is 16.9. The van der Waals surface area contributed by atoms with E-state index in [1.807, 2.05) is 48.5 Å². The summed E-state index contributed by atoms with van der Waals surface area (Å²) in [6.45, 7) is 0. The Morgan fingerprint density at radius 2 is 1.19 bits per heavy atom. The van der Waals surface area contributed by atoms with Crippen LogP contribution in [0.15, 0.2) is 60.9 Å². The SMILES string of the molecule is O=P(O)(c1c[nH]c2ccccc12)c1c[nH]c2ccccc12. The standard InChI is InChI=1S/C16H13N2O2P/c19-21(20,15-9-17-13-7-3-1-5-11(13)15)16-10-18-14-8-4-2-6-12(14)16/h1-10,17-18H,(H,19,20). The fraction of sp³-hybridized carbons (Fsp3) is 0. The van der Waals surface area contributed by atoms with Crippen molar-refractivity contribution < 1.29 is 9.46 Å². The quantitative estimate of drug-likeness (QED) is 0.498. The molecule has 5 heteroatoms. The summed E-state index contributed by atoms with van der Waals surface area (Å²) in [6, 6.07) is 15.1. The third kappa shape index (κ3) is 1.77. The number of aromatic nitrogens is 2. The molecule has 104 valence electrons. The Balaban J connectivity index is 2.00. The van der Waals surface area contributed by atoms with Gasteiger partial charge in [0, 0.05) is 34.2 Å². The number of H-pyrrole nitrogens is 2. The number of benzene rings is 2. The Bertz CT molecular complexity index is 922. The zero-order valence-electron chi connectivity index (χ0n) is 11.1. The van der Waals surface area contributed by atoms with Crippen LogP contribution in [-0.2, 0) is 4.57 Å². The molecular formula is C16H13N2O2P. The van der Waals surface area contributed by atoms with Crippen LogP contribution in [0.25, 0.3) is 21.8 Å². The molecule has 0 bridgehead atoms. The number of nitrogens with one attached hydrogen (secondary N) is 2. The summed E-state index contributed by atoms with van der Waals surface area (Å²) in [5, 5.41) is 2.47. The smallest absolute Gasteiger partial charge is 0.263 e. The Labute approximate surface area is 120 Å². The van der Waals surface area contributed by atoms with Crippen molar-refractivity contribution in [2.24, 2.45) is 0 Å². The van der Waals surface area contributed by atoms with Crippen molar-refractivity contribution >= 4 is 39.8 Å². The summed E-state index contributed by atoms with van der Waals surface area (Å²) in [6.07, 6.45) is 3.26. The van der Waals surface area contributed by atoms with E-state index >= 15 is 0 Å². The molecule has 0 aliphatic rings. The molecular weight excluding hydrogens is 283 g/mol. The largest absolute Gasteiger partial charge is 0.360 e. The van der Waals surface area contributed by atoms with Gasteiger partial charge in [-0.3, -0.25) is 4.57 Å². The predicted octanol–water partition coefficient (Wildman–Crippen LogP) is 2.87. The summed E-state index contributed by atoms with van der Waals surface area (Å²) in [7, 11) is -3.66. The van der Waals surface area contributed by atoms with E-state index in [1.54, 1.807) is 12.4 Å². The van der Waals surface area contributed by atoms with Gasteiger partial charge in [0.05, 0.1) is 10.6 Å². The lowest BCUT2D eigenvalue weighted by Gasteiger charge is -2.09. The number of aromatic amines is 2. The Hall–Kier alpha value is -2.29. The molecule has 0 fully saturated rings. The van der Waals surface area contributed by atoms with Crippen LogP contribution in [0.4, 0.5) is 0 Å². The van der Waals surface area contributed by atoms with E-state index in [2.05, 4.69) is 9.97 Å². The first kappa shape index (κ1) is 12.5. The van der Waals surface area contributed by atoms with Crippen LogP contribution in [0.2, 0.25) is 0 Å². The van der Waals surface area contributed by atoms with Crippen LogP contribution in [0.3, 0.4) is 0 Å². The minimum Gasteiger partial charge on any atom is -0.360 e. The minimum atomic E-state index is -3.66. The molecule has 2 aromatic heterocycles. The zero-order chi connectivity index (χ0) is 14.4. The zero-order valence-corrected chi connectivity index (χ0v) is 12.0. The van der Waals surface area contributed by atoms with Crippen molar-refractivity contribution in [1.82, 2.24) is 9.97 Å². The van der Waals surface area contributed by atoms with E-state index in [9.17, 15) is 9.46 Å². The molecule has 2 aromatic carbocycles. The van der Waals surface area contributed by atoms with E-state index in [0.29, 0.717) is 10.6 Å². The summed E-state index contributed by atoms with van der Waals surface area (Å²) in [5.74, 6) is 0. The molecule has 4 rings (SSSR count). The number of hydrogen-bond acceptors (Lipinski definition) is 1. The van der Waals surface area contributed by atoms with Crippen molar-refractivity contribution in [2.45, 2.75) is 0 Å². The fourth-order valence-electron chi connectivity index (χ4n) is 2.74. The summed E-state index contributed by atoms with van der Waals surface area (Å²) in [5.41, 5.74) is 1.73. The molecule has 0 radical (unpaired) electrons. The van der Waals surface area contributed by atoms with Crippen LogP contribution in [0, 0.1) is 0 Å². The van der Waals surface area contributed by atoms with Crippen LogP contribution in [-0.4, -0.2) is 14.9 Å². The third-order valence-corrected chi connectivity index (χ3v) is 5.83. The number of para-hydroxylation sites is 2. The van der Waals surface area contributed by atoms with Gasteiger partial charge in [-0.05, 0) is 12.1 Å². The van der Waals surface area contributed by atoms with Crippen molar-refractivity contribution in [1.29, 1.82) is 0 Å². The average Bonchev–Trinajstić information content (AvgIpc) is 3.12. The molecule has 4 nitrogen and oxygen atoms in total. The first-order valence-corrected chi connectivity index (χ1v) is 8.30. The number of hydrogen-bond donors (Lipinski definition) is 3. The topological polar surface area (TPSA) is 68.9 Å². The molecule has 0 saturated heterocycles. The second-order valence-corrected chi connectivity index (χ2v) is 7.13. The van der Waals surface area contributed by atoms with Gasteiger partial charge in [0.25, 0.3) is 7.37 Å². The molecule has 0 aliphatic carbocycles. The highest BCUT2D eigenvalue weighted by Crippen LogP contribution is 2.42. The van der Waals surface area contributed by atoms with Crippen LogP contribution in [0.1, 0.15) is 0 Å². The van der Waals surface area contributed by atoms with Crippen molar-refractivity contribution in [3.8, 4) is 0 Å². The average molecular weight is 296 g/mol. The van der Waals surface area contributed by atoms with Gasteiger partial charge in [0.1, 0.15) is 0 Å². The molecule has 2 heterocycles. The molecule has 4 aromatic rings. The highest BCUT2D eigenvalue weighted by molar-refractivity contribution is 7.74. The first-order valence-electron chi connectivity index (χ1n) is 6.64. The lowest BCUT2D eigenvalue weighted by molar-refractivity contribution is 0.501. The van der Waals surface area contributed by atoms with E-state index in [1.165, 1.54) is 0 Å². The van der Waals surface area contributed by atoms with Crippen LogP contribution >= 0.6 is 7.37 Å². The molecule has 0 unspecified atom stereocenters. The maximum absolute atomic E-state index is 13.1. The van der Waals surface area contributed by atoms with Crippen molar-refractivity contribution in [2.75, 3.05) is 0 Å². The Morgan fingerprint density at radius 3 is 1.67 bits per heavy atom. The predicted molar refractivity (Wildman–Crippen MR) is 85.7 cm³/mol. The van der Waals surface area contributed by atoms with Gasteiger partial charge in [-0.25, -0.2) is 0 Å². The Morgan fingerprint density at radius 1 is 0.762 bits per heavy atom. The van der Waals surface area contributed by atoms with Gasteiger partial charge in [-0.2, -0.15) is 0 Å². The fourth-order valence-corrected chi connectivity index (χ4v) is 4.53. The van der Waals surface area contributed by atoms with Gasteiger partial charge in [-0.1, -0.05) is 36.4 Å². The van der Waals surface area contributed by atoms with E-state index in [4.69, 9.17) is 0 Å². The molecule has 0 saturated carbocycles. The van der Waals surface area contributed by atoms with Crippen molar-refractivity contribution in [3.05, 3.63) is 60.9 Å². The highest BCUT2D eigenvalue weighted by Gasteiger charge is 2.29. The van der Waals surface area contributed by atoms with E-state index in [0.717, 1.165) is 21.8 Å². The molecule has 0 spiro atoms. The minimum absolute atomic E-state index is 0.447. The molecule has 0 aliphatic heterocycles. The van der Waals surface area contributed by atoms with Crippen LogP contribution in [0.5, 0.6) is 0 Å². The first-order chi connectivity index (χ1) is 10.2. The summed E-state index contributed by atoms with van der Waals surface area (Å²) < 4.78 is 13.1. The molecule has 21 heavy (non-hydrogen) atoms. The maximum Gasteiger partial charge on any atom is 0.263 e. The third-order valence-electron chi connectivity index (χ3n) is 3.79. The van der Waals surface area contributed by atoms with E-state index < -0.39 is 7.37 Å². The maximum atomic E-state index is 13.1. The number of fused-ring (bicyclic) bond motifs is 2. The molecule has 0 atom stereocenters. The second kappa shape index (κ2) is 4.35. The second-order valence-electron chi connectivity index (χ2n) is 5.02. The van der Waals surface area contributed by atoms with Gasteiger partial charge in [0.15, 0.2) is 0 Å². The lowest BCUT2D eigenvalue weighted by atomic mass is 10.2. The van der Waals surface area contributed by atoms with Crippen molar-refractivity contribution in [3.63, 3.8) is 0 Å².